The lowest BCUT2D eigenvalue weighted by atomic mass is 10.3. The zero-order valence-electron chi connectivity index (χ0n) is 8.79. The minimum Gasteiger partial charge on any atom is -0.468 e. The Labute approximate surface area is 96.9 Å². The number of esters is 1. The van der Waals surface area contributed by atoms with Crippen LogP contribution < -0.4 is 5.32 Å². The molecule has 0 radical (unpaired) electrons. The van der Waals surface area contributed by atoms with E-state index >= 15 is 0 Å². The van der Waals surface area contributed by atoms with Gasteiger partial charge in [0.05, 0.1) is 13.7 Å². The van der Waals surface area contributed by atoms with Gasteiger partial charge >= 0.3 is 5.97 Å². The van der Waals surface area contributed by atoms with Gasteiger partial charge in [-0.05, 0) is 17.0 Å². The Bertz CT molecular complexity index is 373. The predicted molar refractivity (Wildman–Crippen MR) is 61.0 cm³/mol. The van der Waals surface area contributed by atoms with Gasteiger partial charge in [0, 0.05) is 16.3 Å². The quantitative estimate of drug-likeness (QED) is 0.355. The first-order valence-electron chi connectivity index (χ1n) is 4.62. The number of carbonyl (C=O) groups is 1. The van der Waals surface area contributed by atoms with E-state index in [2.05, 4.69) is 20.1 Å². The van der Waals surface area contributed by atoms with E-state index in [-0.39, 0.29) is 6.54 Å². The minimum atomic E-state index is -0.594. The number of thiophene rings is 1. The summed E-state index contributed by atoms with van der Waals surface area (Å²) in [5.41, 5.74) is 8.20. The highest BCUT2D eigenvalue weighted by Crippen LogP contribution is 2.08. The molecule has 0 amide bonds. The predicted octanol–water partition coefficient (Wildman–Crippen LogP) is 1.69. The number of nitrogens with one attached hydrogen (secondary N) is 1. The SMILES string of the molecule is COC(=O)C(CN=[N+]=[N-])NCc1cccs1. The van der Waals surface area contributed by atoms with E-state index in [9.17, 15) is 4.79 Å². The fraction of sp³-hybridized carbons (Fsp3) is 0.444. The van der Waals surface area contributed by atoms with Gasteiger partial charge in [0.2, 0.25) is 0 Å². The molecule has 0 saturated heterocycles. The molecule has 16 heavy (non-hydrogen) atoms. The van der Waals surface area contributed by atoms with Crippen molar-refractivity contribution in [2.45, 2.75) is 12.6 Å². The van der Waals surface area contributed by atoms with Gasteiger partial charge in [-0.1, -0.05) is 11.2 Å². The Hall–Kier alpha value is -1.56. The highest BCUT2D eigenvalue weighted by Gasteiger charge is 2.17. The lowest BCUT2D eigenvalue weighted by Gasteiger charge is -2.13. The second-order valence-electron chi connectivity index (χ2n) is 2.95. The zero-order valence-corrected chi connectivity index (χ0v) is 9.61. The molecule has 1 aromatic heterocycles. The summed E-state index contributed by atoms with van der Waals surface area (Å²) in [5.74, 6) is -0.427. The molecule has 1 heterocycles. The Morgan fingerprint density at radius 1 is 1.81 bits per heavy atom. The fourth-order valence-electron chi connectivity index (χ4n) is 1.12. The molecule has 0 aliphatic rings. The second-order valence-corrected chi connectivity index (χ2v) is 3.98. The van der Waals surface area contributed by atoms with Crippen LogP contribution in [-0.4, -0.2) is 25.7 Å². The van der Waals surface area contributed by atoms with Crippen molar-refractivity contribution in [2.24, 2.45) is 5.11 Å². The summed E-state index contributed by atoms with van der Waals surface area (Å²) in [6, 6.07) is 3.30. The number of rotatable bonds is 6. The third-order valence-electron chi connectivity index (χ3n) is 1.92. The molecular weight excluding hydrogens is 228 g/mol. The molecule has 0 aromatic carbocycles. The van der Waals surface area contributed by atoms with Gasteiger partial charge in [0.15, 0.2) is 0 Å². The minimum absolute atomic E-state index is 0.0501. The van der Waals surface area contributed by atoms with E-state index in [1.165, 1.54) is 7.11 Å². The fourth-order valence-corrected chi connectivity index (χ4v) is 1.78. The molecule has 1 unspecified atom stereocenters. The van der Waals surface area contributed by atoms with Crippen molar-refractivity contribution in [3.8, 4) is 0 Å². The molecule has 1 N–H and O–H groups in total. The van der Waals surface area contributed by atoms with E-state index in [1.54, 1.807) is 11.3 Å². The van der Waals surface area contributed by atoms with Crippen LogP contribution in [0.25, 0.3) is 10.4 Å². The molecule has 0 bridgehead atoms. The summed E-state index contributed by atoms with van der Waals surface area (Å²) in [7, 11) is 1.30. The summed E-state index contributed by atoms with van der Waals surface area (Å²) >= 11 is 1.59. The summed E-state index contributed by atoms with van der Waals surface area (Å²) in [6.45, 7) is 0.604. The van der Waals surface area contributed by atoms with Gasteiger partial charge in [-0.2, -0.15) is 0 Å². The maximum Gasteiger partial charge on any atom is 0.323 e. The van der Waals surface area contributed by atoms with E-state index in [0.717, 1.165) is 4.88 Å². The molecule has 86 valence electrons. The van der Waals surface area contributed by atoms with Gasteiger partial charge in [-0.15, -0.1) is 11.3 Å². The molecule has 0 aliphatic carbocycles. The second kappa shape index (κ2) is 6.84. The Kier molecular flexibility index (Phi) is 5.35. The van der Waals surface area contributed by atoms with Crippen LogP contribution in [0.15, 0.2) is 22.6 Å². The topological polar surface area (TPSA) is 87.1 Å². The number of carbonyl (C=O) groups excluding carboxylic acids is 1. The number of nitrogens with zero attached hydrogens (tertiary/aromatic N) is 3. The monoisotopic (exact) mass is 240 g/mol. The largest absolute Gasteiger partial charge is 0.468 e. The van der Waals surface area contributed by atoms with E-state index in [4.69, 9.17) is 5.53 Å². The van der Waals surface area contributed by atoms with Crippen molar-refractivity contribution in [2.75, 3.05) is 13.7 Å². The van der Waals surface area contributed by atoms with Crippen LogP contribution in [0.1, 0.15) is 4.88 Å². The lowest BCUT2D eigenvalue weighted by Crippen LogP contribution is -2.39. The van der Waals surface area contributed by atoms with Gasteiger partial charge in [0.25, 0.3) is 0 Å². The normalized spacial score (nSPS) is 11.6. The average molecular weight is 240 g/mol. The van der Waals surface area contributed by atoms with Crippen LogP contribution in [0.3, 0.4) is 0 Å². The highest BCUT2D eigenvalue weighted by molar-refractivity contribution is 7.09. The Morgan fingerprint density at radius 3 is 3.19 bits per heavy atom. The molecule has 6 nitrogen and oxygen atoms in total. The van der Waals surface area contributed by atoms with Crippen LogP contribution in [0.5, 0.6) is 0 Å². The number of azide groups is 1. The lowest BCUT2D eigenvalue weighted by molar-refractivity contribution is -0.142. The van der Waals surface area contributed by atoms with E-state index in [1.807, 2.05) is 17.5 Å². The summed E-state index contributed by atoms with van der Waals surface area (Å²) < 4.78 is 4.60. The van der Waals surface area contributed by atoms with E-state index in [0.29, 0.717) is 6.54 Å². The standard InChI is InChI=1S/C9H12N4O2S/c1-15-9(14)8(6-12-13-10)11-5-7-3-2-4-16-7/h2-4,8,11H,5-6H2,1H3. The number of hydrogen-bond acceptors (Lipinski definition) is 5. The molecule has 1 atom stereocenters. The summed E-state index contributed by atoms with van der Waals surface area (Å²) in [6.07, 6.45) is 0. The first-order chi connectivity index (χ1) is 7.77. The molecule has 0 aliphatic heterocycles. The molecule has 0 saturated carbocycles. The summed E-state index contributed by atoms with van der Waals surface area (Å²) in [4.78, 5) is 15.0. The van der Waals surface area contributed by atoms with Gasteiger partial charge < -0.3 is 4.74 Å². The van der Waals surface area contributed by atoms with Crippen molar-refractivity contribution in [3.05, 3.63) is 32.8 Å². The molecule has 1 rings (SSSR count). The van der Waals surface area contributed by atoms with E-state index < -0.39 is 12.0 Å². The van der Waals surface area contributed by atoms with Crippen LogP contribution in [0.4, 0.5) is 0 Å². The maximum atomic E-state index is 11.3. The van der Waals surface area contributed by atoms with Crippen LogP contribution in [-0.2, 0) is 16.1 Å². The zero-order chi connectivity index (χ0) is 11.8. The molecular formula is C9H12N4O2S. The van der Waals surface area contributed by atoms with Crippen LogP contribution in [0, 0.1) is 0 Å². The molecule has 7 heteroatoms. The van der Waals surface area contributed by atoms with Crippen molar-refractivity contribution in [1.29, 1.82) is 0 Å². The smallest absolute Gasteiger partial charge is 0.323 e. The van der Waals surface area contributed by atoms with Crippen molar-refractivity contribution >= 4 is 17.3 Å². The van der Waals surface area contributed by atoms with Gasteiger partial charge in [-0.25, -0.2) is 0 Å². The Morgan fingerprint density at radius 2 is 2.62 bits per heavy atom. The van der Waals surface area contributed by atoms with Crippen molar-refractivity contribution in [1.82, 2.24) is 5.32 Å². The maximum absolute atomic E-state index is 11.3. The summed E-state index contributed by atoms with van der Waals surface area (Å²) in [5, 5.41) is 8.30. The number of methoxy groups -OCH3 is 1. The van der Waals surface area contributed by atoms with Crippen molar-refractivity contribution in [3.63, 3.8) is 0 Å². The van der Waals surface area contributed by atoms with Crippen molar-refractivity contribution < 1.29 is 9.53 Å². The Balaban J connectivity index is 2.49. The first kappa shape index (κ1) is 12.5. The van der Waals surface area contributed by atoms with Crippen LogP contribution in [0.2, 0.25) is 0 Å². The number of ether oxygens (including phenoxy) is 1. The molecule has 0 spiro atoms. The van der Waals surface area contributed by atoms with Crippen LogP contribution >= 0.6 is 11.3 Å². The third kappa shape index (κ3) is 3.90. The average Bonchev–Trinajstić information content (AvgIpc) is 2.81. The number of hydrogen-bond donors (Lipinski definition) is 1. The third-order valence-corrected chi connectivity index (χ3v) is 2.79. The highest BCUT2D eigenvalue weighted by atomic mass is 32.1. The molecule has 1 aromatic rings. The first-order valence-corrected chi connectivity index (χ1v) is 5.50. The van der Waals surface area contributed by atoms with Gasteiger partial charge in [0.1, 0.15) is 6.04 Å². The van der Waals surface area contributed by atoms with Gasteiger partial charge in [-0.3, -0.25) is 10.1 Å². The molecule has 0 fully saturated rings.